The fourth-order valence-corrected chi connectivity index (χ4v) is 2.42. The average molecular weight is 244 g/mol. The molecule has 1 fully saturated rings. The molecule has 1 aromatic heterocycles. The molecule has 1 aliphatic rings. The molecule has 1 aromatic rings. The third kappa shape index (κ3) is 2.06. The molecule has 88 valence electrons. The number of ether oxygens (including phenoxy) is 1. The first-order chi connectivity index (χ1) is 7.61. The summed E-state index contributed by atoms with van der Waals surface area (Å²) in [7, 11) is 0. The van der Waals surface area contributed by atoms with Crippen LogP contribution in [0.5, 0.6) is 0 Å². The Morgan fingerprint density at radius 1 is 1.69 bits per heavy atom. The van der Waals surface area contributed by atoms with Crippen LogP contribution in [-0.2, 0) is 4.74 Å². The first-order valence-electron chi connectivity index (χ1n) is 4.82. The van der Waals surface area contributed by atoms with Crippen LogP contribution < -0.4 is 11.2 Å². The molecule has 0 radical (unpaired) electrons. The molecular weight excluding hydrogens is 232 g/mol. The largest absolute Gasteiger partial charge is 0.393 e. The van der Waals surface area contributed by atoms with E-state index >= 15 is 0 Å². The number of rotatable bonds is 2. The molecule has 0 aromatic carbocycles. The van der Waals surface area contributed by atoms with Gasteiger partial charge in [-0.2, -0.15) is 0 Å². The number of thioether (sulfide) groups is 1. The molecule has 0 unspecified atom stereocenters. The van der Waals surface area contributed by atoms with Crippen LogP contribution in [0.1, 0.15) is 11.8 Å². The number of aliphatic hydroxyl groups excluding tert-OH is 1. The molecule has 0 amide bonds. The maximum absolute atomic E-state index is 11.5. The van der Waals surface area contributed by atoms with Crippen molar-refractivity contribution >= 4 is 11.8 Å². The summed E-state index contributed by atoms with van der Waals surface area (Å²) >= 11 is 1.44. The van der Waals surface area contributed by atoms with Gasteiger partial charge in [0.15, 0.2) is 0 Å². The lowest BCUT2D eigenvalue weighted by Gasteiger charge is -2.13. The SMILES string of the molecule is Cc1cn([C@H]2CS[C@H](CO)O2)c(=O)[nH]c1=O. The minimum atomic E-state index is -0.486. The molecule has 1 aliphatic heterocycles. The lowest BCUT2D eigenvalue weighted by molar-refractivity contribution is -0.00650. The first-order valence-corrected chi connectivity index (χ1v) is 5.86. The van der Waals surface area contributed by atoms with Crippen LogP contribution >= 0.6 is 11.8 Å². The number of aromatic amines is 1. The Morgan fingerprint density at radius 3 is 3.06 bits per heavy atom. The molecule has 2 rings (SSSR count). The van der Waals surface area contributed by atoms with Gasteiger partial charge in [-0.3, -0.25) is 14.3 Å². The third-order valence-electron chi connectivity index (χ3n) is 2.34. The number of H-pyrrole nitrogens is 1. The number of nitrogens with zero attached hydrogens (tertiary/aromatic N) is 1. The number of hydrogen-bond acceptors (Lipinski definition) is 5. The number of nitrogens with one attached hydrogen (secondary N) is 1. The van der Waals surface area contributed by atoms with Crippen molar-refractivity contribution < 1.29 is 9.84 Å². The van der Waals surface area contributed by atoms with Crippen LogP contribution in [0.4, 0.5) is 0 Å². The van der Waals surface area contributed by atoms with E-state index < -0.39 is 11.9 Å². The van der Waals surface area contributed by atoms with Gasteiger partial charge in [0.1, 0.15) is 11.7 Å². The van der Waals surface area contributed by atoms with Crippen molar-refractivity contribution in [2.45, 2.75) is 18.6 Å². The first kappa shape index (κ1) is 11.4. The van der Waals surface area contributed by atoms with Gasteiger partial charge in [-0.25, -0.2) is 4.79 Å². The smallest absolute Gasteiger partial charge is 0.330 e. The molecule has 2 atom stereocenters. The summed E-state index contributed by atoms with van der Waals surface area (Å²) in [5.41, 5.74) is -0.713. The molecule has 1 saturated heterocycles. The van der Waals surface area contributed by atoms with Gasteiger partial charge in [-0.05, 0) is 6.92 Å². The van der Waals surface area contributed by atoms with Gasteiger partial charge >= 0.3 is 5.69 Å². The summed E-state index contributed by atoms with van der Waals surface area (Å²) in [5, 5.41) is 8.91. The topological polar surface area (TPSA) is 84.3 Å². The zero-order valence-corrected chi connectivity index (χ0v) is 9.49. The Bertz CT molecular complexity index is 495. The summed E-state index contributed by atoms with van der Waals surface area (Å²) in [6, 6.07) is 0. The summed E-state index contributed by atoms with van der Waals surface area (Å²) in [6.45, 7) is 1.54. The van der Waals surface area contributed by atoms with Gasteiger partial charge in [-0.1, -0.05) is 0 Å². The third-order valence-corrected chi connectivity index (χ3v) is 3.45. The van der Waals surface area contributed by atoms with Crippen molar-refractivity contribution in [3.63, 3.8) is 0 Å². The van der Waals surface area contributed by atoms with E-state index in [-0.39, 0.29) is 17.6 Å². The number of aromatic nitrogens is 2. The van der Waals surface area contributed by atoms with Crippen LogP contribution in [0, 0.1) is 6.92 Å². The van der Waals surface area contributed by atoms with E-state index in [1.165, 1.54) is 22.5 Å². The predicted octanol–water partition coefficient (Wildman–Crippen LogP) is -0.575. The lowest BCUT2D eigenvalue weighted by atomic mass is 10.4. The van der Waals surface area contributed by atoms with Crippen molar-refractivity contribution in [3.8, 4) is 0 Å². The van der Waals surface area contributed by atoms with Gasteiger partial charge < -0.3 is 9.84 Å². The quantitative estimate of drug-likeness (QED) is 0.727. The maximum Gasteiger partial charge on any atom is 0.330 e. The number of aliphatic hydroxyl groups is 1. The fraction of sp³-hybridized carbons (Fsp3) is 0.556. The fourth-order valence-electron chi connectivity index (χ4n) is 1.49. The number of aryl methyl sites for hydroxylation is 1. The number of hydrogen-bond donors (Lipinski definition) is 2. The standard InChI is InChI=1S/C9H12N2O4S/c1-5-2-11(9(14)10-8(5)13)6-4-16-7(3-12)15-6/h2,6-7,12H,3-4H2,1H3,(H,10,13,14)/t6-,7-/m1/s1. The minimum absolute atomic E-state index is 0.0851. The van der Waals surface area contributed by atoms with E-state index in [9.17, 15) is 9.59 Å². The van der Waals surface area contributed by atoms with Crippen LogP contribution in [0.2, 0.25) is 0 Å². The lowest BCUT2D eigenvalue weighted by Crippen LogP contribution is -2.34. The van der Waals surface area contributed by atoms with Crippen LogP contribution in [0.3, 0.4) is 0 Å². The summed E-state index contributed by atoms with van der Waals surface area (Å²) in [4.78, 5) is 24.9. The van der Waals surface area contributed by atoms with E-state index in [0.29, 0.717) is 11.3 Å². The Balaban J connectivity index is 2.32. The molecule has 0 saturated carbocycles. The van der Waals surface area contributed by atoms with E-state index in [2.05, 4.69) is 4.98 Å². The van der Waals surface area contributed by atoms with Gasteiger partial charge in [0, 0.05) is 17.5 Å². The van der Waals surface area contributed by atoms with Crippen molar-refractivity contribution in [2.75, 3.05) is 12.4 Å². The van der Waals surface area contributed by atoms with Gasteiger partial charge in [-0.15, -0.1) is 11.8 Å². The second kappa shape index (κ2) is 4.44. The normalized spacial score (nSPS) is 24.9. The maximum atomic E-state index is 11.5. The highest BCUT2D eigenvalue weighted by Crippen LogP contribution is 2.30. The average Bonchev–Trinajstić information content (AvgIpc) is 2.71. The molecule has 2 N–H and O–H groups in total. The molecule has 7 heteroatoms. The van der Waals surface area contributed by atoms with Crippen LogP contribution in [0.25, 0.3) is 0 Å². The van der Waals surface area contributed by atoms with E-state index in [1.54, 1.807) is 6.92 Å². The van der Waals surface area contributed by atoms with Crippen molar-refractivity contribution in [1.82, 2.24) is 9.55 Å². The van der Waals surface area contributed by atoms with Crippen molar-refractivity contribution in [1.29, 1.82) is 0 Å². The second-order valence-corrected chi connectivity index (χ2v) is 4.71. The molecular formula is C9H12N2O4S. The van der Waals surface area contributed by atoms with Crippen LogP contribution in [0.15, 0.2) is 15.8 Å². The second-order valence-electron chi connectivity index (χ2n) is 3.51. The molecule has 0 aliphatic carbocycles. The van der Waals surface area contributed by atoms with Crippen molar-refractivity contribution in [2.24, 2.45) is 0 Å². The van der Waals surface area contributed by atoms with Gasteiger partial charge in [0.05, 0.1) is 6.61 Å². The summed E-state index contributed by atoms with van der Waals surface area (Å²) in [5.74, 6) is 0.580. The highest BCUT2D eigenvalue weighted by Gasteiger charge is 2.27. The Hall–Kier alpha value is -1.05. The Morgan fingerprint density at radius 2 is 2.44 bits per heavy atom. The van der Waals surface area contributed by atoms with E-state index in [4.69, 9.17) is 9.84 Å². The highest BCUT2D eigenvalue weighted by atomic mass is 32.2. The summed E-state index contributed by atoms with van der Waals surface area (Å²) in [6.07, 6.45) is 1.05. The minimum Gasteiger partial charge on any atom is -0.393 e. The molecule has 0 bridgehead atoms. The van der Waals surface area contributed by atoms with Gasteiger partial charge in [0.25, 0.3) is 5.56 Å². The van der Waals surface area contributed by atoms with E-state index in [1.807, 2.05) is 0 Å². The molecule has 6 nitrogen and oxygen atoms in total. The Labute approximate surface area is 95.3 Å². The monoisotopic (exact) mass is 244 g/mol. The van der Waals surface area contributed by atoms with E-state index in [0.717, 1.165) is 0 Å². The molecule has 2 heterocycles. The Kier molecular flexibility index (Phi) is 3.17. The molecule has 16 heavy (non-hydrogen) atoms. The summed E-state index contributed by atoms with van der Waals surface area (Å²) < 4.78 is 6.77. The van der Waals surface area contributed by atoms with Gasteiger partial charge in [0.2, 0.25) is 0 Å². The highest BCUT2D eigenvalue weighted by molar-refractivity contribution is 8.00. The zero-order chi connectivity index (χ0) is 11.7. The van der Waals surface area contributed by atoms with Crippen molar-refractivity contribution in [3.05, 3.63) is 32.6 Å². The zero-order valence-electron chi connectivity index (χ0n) is 8.67. The predicted molar refractivity (Wildman–Crippen MR) is 59.5 cm³/mol. The van der Waals surface area contributed by atoms with Crippen LogP contribution in [-0.4, -0.2) is 32.5 Å². The molecule has 0 spiro atoms.